The van der Waals surface area contributed by atoms with Gasteiger partial charge in [0.25, 0.3) is 5.91 Å². The van der Waals surface area contributed by atoms with Crippen LogP contribution in [0.15, 0.2) is 41.5 Å². The van der Waals surface area contributed by atoms with Crippen LogP contribution in [0.3, 0.4) is 0 Å². The van der Waals surface area contributed by atoms with Crippen molar-refractivity contribution in [3.8, 4) is 11.5 Å². The molecule has 1 saturated heterocycles. The second kappa shape index (κ2) is 12.5. The number of carbonyl (C=O) groups is 3. The third kappa shape index (κ3) is 7.54. The summed E-state index contributed by atoms with van der Waals surface area (Å²) in [5.41, 5.74) is 5.59. The Balaban J connectivity index is 1.49. The zero-order valence-electron chi connectivity index (χ0n) is 20.1. The number of anilines is 1. The van der Waals surface area contributed by atoms with Crippen LogP contribution in [0.2, 0.25) is 0 Å². The molecule has 0 radical (unpaired) electrons. The summed E-state index contributed by atoms with van der Waals surface area (Å²) in [6, 6.07) is 10.6. The number of rotatable bonds is 9. The van der Waals surface area contributed by atoms with Crippen molar-refractivity contribution in [3.05, 3.63) is 53.1 Å². The number of nitrogens with one attached hydrogen (secondary N) is 3. The highest BCUT2D eigenvalue weighted by molar-refractivity contribution is 6.35. The van der Waals surface area contributed by atoms with E-state index in [9.17, 15) is 14.4 Å². The van der Waals surface area contributed by atoms with Gasteiger partial charge in [-0.05, 0) is 67.6 Å². The molecule has 3 N–H and O–H groups in total. The number of nitrogens with zero attached hydrogens (tertiary/aromatic N) is 1. The fourth-order valence-electron chi connectivity index (χ4n) is 3.41. The van der Waals surface area contributed by atoms with E-state index < -0.39 is 11.8 Å². The molecule has 0 unspecified atom stereocenters. The lowest BCUT2D eigenvalue weighted by Gasteiger charge is -2.13. The van der Waals surface area contributed by atoms with Gasteiger partial charge >= 0.3 is 11.8 Å². The summed E-state index contributed by atoms with van der Waals surface area (Å²) in [5, 5.41) is 9.17. The molecule has 1 heterocycles. The molecule has 35 heavy (non-hydrogen) atoms. The maximum Gasteiger partial charge on any atom is 0.329 e. The maximum atomic E-state index is 12.3. The fraction of sp³-hybridized carbons (Fsp3) is 0.360. The van der Waals surface area contributed by atoms with Crippen LogP contribution in [0.4, 0.5) is 5.69 Å². The van der Waals surface area contributed by atoms with E-state index in [-0.39, 0.29) is 25.2 Å². The Labute approximate surface area is 204 Å². The first kappa shape index (κ1) is 25.7. The Kier molecular flexibility index (Phi) is 9.19. The van der Waals surface area contributed by atoms with Crippen LogP contribution in [0.5, 0.6) is 11.5 Å². The molecule has 10 nitrogen and oxygen atoms in total. The minimum absolute atomic E-state index is 0.0545. The van der Waals surface area contributed by atoms with Gasteiger partial charge in [-0.3, -0.25) is 14.4 Å². The van der Waals surface area contributed by atoms with Gasteiger partial charge in [-0.2, -0.15) is 5.10 Å². The molecule has 1 aliphatic rings. The average Bonchev–Trinajstić information content (AvgIpc) is 3.38. The minimum Gasteiger partial charge on any atom is -0.493 e. The van der Waals surface area contributed by atoms with Crippen LogP contribution >= 0.6 is 0 Å². The number of hydrazone groups is 1. The van der Waals surface area contributed by atoms with Crippen molar-refractivity contribution in [3.63, 3.8) is 0 Å². The van der Waals surface area contributed by atoms with Gasteiger partial charge in [0.05, 0.1) is 19.4 Å². The number of carbonyl (C=O) groups excluding carboxylic acids is 3. The fourth-order valence-corrected chi connectivity index (χ4v) is 3.41. The first-order valence-corrected chi connectivity index (χ1v) is 11.3. The van der Waals surface area contributed by atoms with Gasteiger partial charge in [-0.1, -0.05) is 12.1 Å². The number of aryl methyl sites for hydroxylation is 1. The number of hydrogen-bond donors (Lipinski definition) is 3. The normalized spacial score (nSPS) is 15.0. The molecule has 0 aromatic heterocycles. The summed E-state index contributed by atoms with van der Waals surface area (Å²) in [6.07, 6.45) is 3.12. The molecule has 1 aliphatic heterocycles. The van der Waals surface area contributed by atoms with E-state index >= 15 is 0 Å². The van der Waals surface area contributed by atoms with E-state index in [4.69, 9.17) is 14.2 Å². The first-order chi connectivity index (χ1) is 16.9. The Morgan fingerprint density at radius 1 is 1.14 bits per heavy atom. The van der Waals surface area contributed by atoms with E-state index in [1.165, 1.54) is 13.3 Å². The van der Waals surface area contributed by atoms with Crippen LogP contribution in [0.1, 0.15) is 29.5 Å². The number of hydrogen-bond acceptors (Lipinski definition) is 7. The van der Waals surface area contributed by atoms with Gasteiger partial charge in [0, 0.05) is 18.8 Å². The van der Waals surface area contributed by atoms with Crippen LogP contribution in [-0.4, -0.2) is 56.9 Å². The third-order valence-corrected chi connectivity index (χ3v) is 5.53. The number of ether oxygens (including phenoxy) is 3. The number of methoxy groups -OCH3 is 1. The van der Waals surface area contributed by atoms with E-state index in [0.717, 1.165) is 29.7 Å². The number of benzene rings is 2. The number of amides is 3. The van der Waals surface area contributed by atoms with Crippen molar-refractivity contribution in [1.29, 1.82) is 0 Å². The largest absolute Gasteiger partial charge is 0.493 e. The van der Waals surface area contributed by atoms with E-state index in [1.54, 1.807) is 18.2 Å². The quantitative estimate of drug-likeness (QED) is 0.285. The monoisotopic (exact) mass is 482 g/mol. The molecule has 2 aromatic rings. The Morgan fingerprint density at radius 3 is 2.71 bits per heavy atom. The van der Waals surface area contributed by atoms with E-state index in [0.29, 0.717) is 23.7 Å². The molecule has 10 heteroatoms. The van der Waals surface area contributed by atoms with Gasteiger partial charge in [-0.15, -0.1) is 0 Å². The Bertz CT molecular complexity index is 1100. The van der Waals surface area contributed by atoms with Gasteiger partial charge < -0.3 is 24.8 Å². The third-order valence-electron chi connectivity index (χ3n) is 5.53. The van der Waals surface area contributed by atoms with Crippen molar-refractivity contribution in [1.82, 2.24) is 10.7 Å². The minimum atomic E-state index is -0.874. The molecule has 0 bridgehead atoms. The summed E-state index contributed by atoms with van der Waals surface area (Å²) in [4.78, 5) is 36.0. The highest BCUT2D eigenvalue weighted by Crippen LogP contribution is 2.27. The van der Waals surface area contributed by atoms with Crippen LogP contribution in [-0.2, 0) is 19.1 Å². The SMILES string of the molecule is COc1cc(/C=N\NC(=O)C(=O)NC[C@@H]2CCCO2)ccc1OCC(=O)Nc1cccc(C)c1C. The molecular formula is C25H30N4O6. The summed E-state index contributed by atoms with van der Waals surface area (Å²) in [6.45, 7) is 4.68. The van der Waals surface area contributed by atoms with Crippen molar-refractivity contribution < 1.29 is 28.6 Å². The summed E-state index contributed by atoms with van der Waals surface area (Å²) >= 11 is 0. The zero-order chi connectivity index (χ0) is 25.2. The first-order valence-electron chi connectivity index (χ1n) is 11.3. The molecule has 0 saturated carbocycles. The standard InChI is InChI=1S/C25H30N4O6/c1-16-6-4-8-20(17(16)2)28-23(30)15-35-21-10-9-18(12-22(21)33-3)13-27-29-25(32)24(31)26-14-19-7-5-11-34-19/h4,6,8-10,12-13,19H,5,7,11,14-15H2,1-3H3,(H,26,31)(H,28,30)(H,29,32)/b27-13-/t19-/m0/s1. The van der Waals surface area contributed by atoms with E-state index in [2.05, 4.69) is 21.2 Å². The summed E-state index contributed by atoms with van der Waals surface area (Å²) < 4.78 is 16.4. The molecule has 186 valence electrons. The highest BCUT2D eigenvalue weighted by Gasteiger charge is 2.19. The summed E-state index contributed by atoms with van der Waals surface area (Å²) in [5.74, 6) is -1.20. The van der Waals surface area contributed by atoms with Crippen LogP contribution < -0.4 is 25.5 Å². The zero-order valence-corrected chi connectivity index (χ0v) is 20.1. The van der Waals surface area contributed by atoms with Gasteiger partial charge in [0.2, 0.25) is 0 Å². The van der Waals surface area contributed by atoms with Crippen molar-refractivity contribution in [2.75, 3.05) is 32.2 Å². The highest BCUT2D eigenvalue weighted by atomic mass is 16.5. The van der Waals surface area contributed by atoms with Crippen molar-refractivity contribution in [2.24, 2.45) is 5.10 Å². The lowest BCUT2D eigenvalue weighted by Crippen LogP contribution is -2.41. The predicted molar refractivity (Wildman–Crippen MR) is 131 cm³/mol. The molecule has 1 fully saturated rings. The second-order valence-corrected chi connectivity index (χ2v) is 8.04. The van der Waals surface area contributed by atoms with E-state index in [1.807, 2.05) is 32.0 Å². The predicted octanol–water partition coefficient (Wildman–Crippen LogP) is 2.07. The Morgan fingerprint density at radius 2 is 1.97 bits per heavy atom. The van der Waals surface area contributed by atoms with Crippen LogP contribution in [0.25, 0.3) is 0 Å². The smallest absolute Gasteiger partial charge is 0.329 e. The molecule has 1 atom stereocenters. The van der Waals surface area contributed by atoms with Gasteiger partial charge in [0.1, 0.15) is 0 Å². The van der Waals surface area contributed by atoms with Crippen molar-refractivity contribution in [2.45, 2.75) is 32.8 Å². The lowest BCUT2D eigenvalue weighted by molar-refractivity contribution is -0.139. The van der Waals surface area contributed by atoms with Crippen LogP contribution in [0, 0.1) is 13.8 Å². The molecule has 3 rings (SSSR count). The molecular weight excluding hydrogens is 452 g/mol. The molecule has 0 spiro atoms. The maximum absolute atomic E-state index is 12.3. The lowest BCUT2D eigenvalue weighted by atomic mass is 10.1. The van der Waals surface area contributed by atoms with Crippen molar-refractivity contribution >= 4 is 29.6 Å². The molecule has 2 aromatic carbocycles. The average molecular weight is 483 g/mol. The van der Waals surface area contributed by atoms with Gasteiger partial charge in [0.15, 0.2) is 18.1 Å². The Hall–Kier alpha value is -3.92. The topological polar surface area (TPSA) is 127 Å². The van der Waals surface area contributed by atoms with Gasteiger partial charge in [-0.25, -0.2) is 5.43 Å². The molecule has 0 aliphatic carbocycles. The summed E-state index contributed by atoms with van der Waals surface area (Å²) in [7, 11) is 1.47. The molecule has 3 amide bonds. The second-order valence-electron chi connectivity index (χ2n) is 8.04.